The van der Waals surface area contributed by atoms with E-state index in [0.717, 1.165) is 5.56 Å². The van der Waals surface area contributed by atoms with Crippen LogP contribution >= 0.6 is 0 Å². The highest BCUT2D eigenvalue weighted by Gasteiger charge is 2.17. The highest BCUT2D eigenvalue weighted by molar-refractivity contribution is 5.77. The zero-order chi connectivity index (χ0) is 13.7. The van der Waals surface area contributed by atoms with Crippen molar-refractivity contribution >= 4 is 5.91 Å². The van der Waals surface area contributed by atoms with Gasteiger partial charge >= 0.3 is 0 Å². The number of nitrogens with two attached hydrogens (primary N) is 1. The van der Waals surface area contributed by atoms with Crippen LogP contribution in [-0.4, -0.2) is 43.7 Å². The lowest BCUT2D eigenvalue weighted by molar-refractivity contribution is -0.137. The molecule has 5 nitrogen and oxygen atoms in total. The van der Waals surface area contributed by atoms with E-state index in [1.165, 1.54) is 0 Å². The van der Waals surface area contributed by atoms with Crippen molar-refractivity contribution in [3.05, 3.63) is 29.8 Å². The monoisotopic (exact) mass is 264 g/mol. The zero-order valence-corrected chi connectivity index (χ0v) is 11.2. The van der Waals surface area contributed by atoms with E-state index in [-0.39, 0.29) is 18.6 Å². The summed E-state index contributed by atoms with van der Waals surface area (Å²) in [6.45, 7) is 4.46. The normalized spacial score (nSPS) is 17.1. The van der Waals surface area contributed by atoms with Gasteiger partial charge in [0.15, 0.2) is 6.61 Å². The second-order valence-electron chi connectivity index (χ2n) is 4.64. The molecule has 0 aromatic heterocycles. The first kappa shape index (κ1) is 13.8. The summed E-state index contributed by atoms with van der Waals surface area (Å²) in [7, 11) is 0. The Labute approximate surface area is 113 Å². The predicted molar refractivity (Wildman–Crippen MR) is 71.9 cm³/mol. The molecule has 0 radical (unpaired) electrons. The maximum absolute atomic E-state index is 11.9. The summed E-state index contributed by atoms with van der Waals surface area (Å²) >= 11 is 0. The quantitative estimate of drug-likeness (QED) is 0.879. The summed E-state index contributed by atoms with van der Waals surface area (Å²) in [5.41, 5.74) is 6.81. The number of benzene rings is 1. The summed E-state index contributed by atoms with van der Waals surface area (Å²) in [6.07, 6.45) is 0. The number of nitrogens with zero attached hydrogens (tertiary/aromatic N) is 1. The molecule has 0 saturated carbocycles. The van der Waals surface area contributed by atoms with E-state index in [2.05, 4.69) is 0 Å². The molecular weight excluding hydrogens is 244 g/mol. The molecule has 2 rings (SSSR count). The van der Waals surface area contributed by atoms with Crippen LogP contribution in [0.1, 0.15) is 18.5 Å². The van der Waals surface area contributed by atoms with Crippen molar-refractivity contribution in [2.24, 2.45) is 5.73 Å². The van der Waals surface area contributed by atoms with Crippen molar-refractivity contribution in [2.75, 3.05) is 32.9 Å². The van der Waals surface area contributed by atoms with Gasteiger partial charge in [0, 0.05) is 19.1 Å². The third-order valence-electron chi connectivity index (χ3n) is 3.11. The van der Waals surface area contributed by atoms with Gasteiger partial charge in [-0.1, -0.05) is 12.1 Å². The highest BCUT2D eigenvalue weighted by Crippen LogP contribution is 2.17. The third-order valence-corrected chi connectivity index (χ3v) is 3.11. The van der Waals surface area contributed by atoms with Gasteiger partial charge in [0.2, 0.25) is 0 Å². The third kappa shape index (κ3) is 3.94. The fraction of sp³-hybridized carbons (Fsp3) is 0.500. The molecule has 19 heavy (non-hydrogen) atoms. The Bertz CT molecular complexity index is 428. The number of carbonyl (C=O) groups is 1. The number of morpholine rings is 1. The molecule has 1 aliphatic heterocycles. The molecule has 1 aromatic carbocycles. The molecule has 104 valence electrons. The largest absolute Gasteiger partial charge is 0.484 e. The van der Waals surface area contributed by atoms with Gasteiger partial charge in [0.25, 0.3) is 5.91 Å². The lowest BCUT2D eigenvalue weighted by atomic mass is 10.1. The Morgan fingerprint density at radius 1 is 1.47 bits per heavy atom. The number of rotatable bonds is 4. The first-order chi connectivity index (χ1) is 9.16. The van der Waals surface area contributed by atoms with E-state index in [4.69, 9.17) is 15.2 Å². The lowest BCUT2D eigenvalue weighted by Crippen LogP contribution is -2.42. The van der Waals surface area contributed by atoms with Crippen LogP contribution in [0.5, 0.6) is 5.75 Å². The molecule has 5 heteroatoms. The standard InChI is InChI=1S/C14H20N2O3/c1-11(15)12-3-2-4-13(9-12)19-10-14(17)16-5-7-18-8-6-16/h2-4,9,11H,5-8,10,15H2,1H3/t11-/m0/s1. The minimum Gasteiger partial charge on any atom is -0.484 e. The Kier molecular flexibility index (Phi) is 4.76. The van der Waals surface area contributed by atoms with Crippen LogP contribution in [0.3, 0.4) is 0 Å². The molecule has 0 unspecified atom stereocenters. The van der Waals surface area contributed by atoms with Crippen molar-refractivity contribution in [3.8, 4) is 5.75 Å². The molecule has 0 aliphatic carbocycles. The minimum atomic E-state index is -0.0431. The van der Waals surface area contributed by atoms with Gasteiger partial charge in [0.05, 0.1) is 13.2 Å². The van der Waals surface area contributed by atoms with Crippen LogP contribution in [0, 0.1) is 0 Å². The van der Waals surface area contributed by atoms with E-state index in [9.17, 15) is 4.79 Å². The predicted octanol–water partition coefficient (Wildman–Crippen LogP) is 0.944. The van der Waals surface area contributed by atoms with Crippen LogP contribution in [0.25, 0.3) is 0 Å². The summed E-state index contributed by atoms with van der Waals surface area (Å²) in [5, 5.41) is 0. The molecule has 1 heterocycles. The molecule has 1 aromatic rings. The fourth-order valence-corrected chi connectivity index (χ4v) is 1.94. The second-order valence-corrected chi connectivity index (χ2v) is 4.64. The average Bonchev–Trinajstić information content (AvgIpc) is 2.46. The van der Waals surface area contributed by atoms with Gasteiger partial charge in [-0.3, -0.25) is 4.79 Å². The molecule has 2 N–H and O–H groups in total. The van der Waals surface area contributed by atoms with E-state index >= 15 is 0 Å². The summed E-state index contributed by atoms with van der Waals surface area (Å²) < 4.78 is 10.7. The van der Waals surface area contributed by atoms with Crippen LogP contribution in [0.15, 0.2) is 24.3 Å². The van der Waals surface area contributed by atoms with E-state index in [0.29, 0.717) is 32.1 Å². The zero-order valence-electron chi connectivity index (χ0n) is 11.2. The van der Waals surface area contributed by atoms with Crippen LogP contribution in [0.4, 0.5) is 0 Å². The van der Waals surface area contributed by atoms with Crippen molar-refractivity contribution in [1.29, 1.82) is 0 Å². The van der Waals surface area contributed by atoms with Gasteiger partial charge in [-0.2, -0.15) is 0 Å². The summed E-state index contributed by atoms with van der Waals surface area (Å²) in [5.74, 6) is 0.672. The maximum atomic E-state index is 11.9. The molecule has 1 saturated heterocycles. The Morgan fingerprint density at radius 2 is 2.21 bits per heavy atom. The molecule has 0 spiro atoms. The van der Waals surface area contributed by atoms with E-state index in [1.807, 2.05) is 31.2 Å². The first-order valence-electron chi connectivity index (χ1n) is 6.50. The number of ether oxygens (including phenoxy) is 2. The molecule has 1 atom stereocenters. The van der Waals surface area contributed by atoms with Gasteiger partial charge in [-0.15, -0.1) is 0 Å². The number of hydrogen-bond acceptors (Lipinski definition) is 4. The molecule has 0 bridgehead atoms. The SMILES string of the molecule is C[C@H](N)c1cccc(OCC(=O)N2CCOCC2)c1. The smallest absolute Gasteiger partial charge is 0.260 e. The maximum Gasteiger partial charge on any atom is 0.260 e. The molecule has 1 fully saturated rings. The first-order valence-corrected chi connectivity index (χ1v) is 6.50. The molecule has 1 aliphatic rings. The lowest BCUT2D eigenvalue weighted by Gasteiger charge is -2.26. The summed E-state index contributed by atoms with van der Waals surface area (Å²) in [6, 6.07) is 7.49. The van der Waals surface area contributed by atoms with Gasteiger partial charge < -0.3 is 20.1 Å². The van der Waals surface area contributed by atoms with Crippen LogP contribution < -0.4 is 10.5 Å². The van der Waals surface area contributed by atoms with Crippen LogP contribution in [0.2, 0.25) is 0 Å². The topological polar surface area (TPSA) is 64.8 Å². The Balaban J connectivity index is 1.87. The van der Waals surface area contributed by atoms with Gasteiger partial charge in [-0.05, 0) is 24.6 Å². The average molecular weight is 264 g/mol. The van der Waals surface area contributed by atoms with Crippen LogP contribution in [-0.2, 0) is 9.53 Å². The number of hydrogen-bond donors (Lipinski definition) is 1. The van der Waals surface area contributed by atoms with Crippen molar-refractivity contribution in [3.63, 3.8) is 0 Å². The van der Waals surface area contributed by atoms with E-state index < -0.39 is 0 Å². The van der Waals surface area contributed by atoms with Crippen molar-refractivity contribution in [2.45, 2.75) is 13.0 Å². The molecular formula is C14H20N2O3. The number of carbonyl (C=O) groups excluding carboxylic acids is 1. The van der Waals surface area contributed by atoms with Gasteiger partial charge in [-0.25, -0.2) is 0 Å². The van der Waals surface area contributed by atoms with Gasteiger partial charge in [0.1, 0.15) is 5.75 Å². The second kappa shape index (κ2) is 6.54. The number of amides is 1. The Hall–Kier alpha value is -1.59. The highest BCUT2D eigenvalue weighted by atomic mass is 16.5. The summed E-state index contributed by atoms with van der Waals surface area (Å²) in [4.78, 5) is 13.7. The van der Waals surface area contributed by atoms with E-state index in [1.54, 1.807) is 4.90 Å². The van der Waals surface area contributed by atoms with Crippen molar-refractivity contribution in [1.82, 2.24) is 4.90 Å². The fourth-order valence-electron chi connectivity index (χ4n) is 1.94. The van der Waals surface area contributed by atoms with Crippen molar-refractivity contribution < 1.29 is 14.3 Å². The Morgan fingerprint density at radius 3 is 2.89 bits per heavy atom. The molecule has 1 amide bonds. The minimum absolute atomic E-state index is 0.00509.